The molecule has 0 aliphatic heterocycles. The number of carboxylic acids is 1. The third-order valence-corrected chi connectivity index (χ3v) is 4.08. The smallest absolute Gasteiger partial charge is 0.308 e. The van der Waals surface area contributed by atoms with Crippen LogP contribution in [0, 0.1) is 5.92 Å². The third-order valence-electron chi connectivity index (χ3n) is 4.08. The molecule has 0 bridgehead atoms. The van der Waals surface area contributed by atoms with Crippen molar-refractivity contribution in [3.63, 3.8) is 0 Å². The Balaban J connectivity index is 2.44. The summed E-state index contributed by atoms with van der Waals surface area (Å²) >= 11 is 0. The number of amides is 2. The lowest BCUT2D eigenvalue weighted by Crippen LogP contribution is -2.44. The lowest BCUT2D eigenvalue weighted by Gasteiger charge is -2.27. The second-order valence-corrected chi connectivity index (χ2v) is 5.96. The molecule has 22 heavy (non-hydrogen) atoms. The molecule has 1 aliphatic carbocycles. The Kier molecular flexibility index (Phi) is 8.55. The molecule has 0 aromatic carbocycles. The van der Waals surface area contributed by atoms with Crippen molar-refractivity contribution in [3.05, 3.63) is 0 Å². The number of nitrogens with one attached hydrogen (secondary N) is 2. The number of hydrogen-bond donors (Lipinski definition) is 3. The molecule has 0 radical (unpaired) electrons. The zero-order valence-corrected chi connectivity index (χ0v) is 13.4. The first kappa shape index (κ1) is 18.5. The van der Waals surface area contributed by atoms with Crippen LogP contribution in [0.4, 0.5) is 0 Å². The molecule has 2 unspecified atom stereocenters. The molecule has 1 fully saturated rings. The Bertz CT molecular complexity index is 384. The second-order valence-electron chi connectivity index (χ2n) is 5.96. The highest BCUT2D eigenvalue weighted by atomic mass is 16.4. The first-order valence-corrected chi connectivity index (χ1v) is 8.33. The van der Waals surface area contributed by atoms with E-state index >= 15 is 0 Å². The summed E-state index contributed by atoms with van der Waals surface area (Å²) in [4.78, 5) is 34.8. The van der Waals surface area contributed by atoms with Crippen LogP contribution in [-0.2, 0) is 14.4 Å². The minimum Gasteiger partial charge on any atom is -0.481 e. The Morgan fingerprint density at radius 3 is 2.27 bits per heavy atom. The summed E-state index contributed by atoms with van der Waals surface area (Å²) in [5.41, 5.74) is 0. The summed E-state index contributed by atoms with van der Waals surface area (Å²) in [6.45, 7) is 2.58. The number of carbonyl (C=O) groups excluding carboxylic acids is 2. The van der Waals surface area contributed by atoms with Crippen molar-refractivity contribution in [2.24, 2.45) is 5.92 Å². The van der Waals surface area contributed by atoms with Crippen molar-refractivity contribution in [1.82, 2.24) is 10.6 Å². The molecule has 126 valence electrons. The van der Waals surface area contributed by atoms with Crippen molar-refractivity contribution in [2.45, 2.75) is 70.8 Å². The molecule has 0 aromatic heterocycles. The summed E-state index contributed by atoms with van der Waals surface area (Å²) in [6, 6.07) is -0.316. The van der Waals surface area contributed by atoms with Gasteiger partial charge in [-0.3, -0.25) is 14.4 Å². The first-order chi connectivity index (χ1) is 10.5. The molecular weight excluding hydrogens is 284 g/mol. The predicted molar refractivity (Wildman–Crippen MR) is 83.3 cm³/mol. The van der Waals surface area contributed by atoms with E-state index in [0.717, 1.165) is 32.1 Å². The third kappa shape index (κ3) is 6.91. The standard InChI is InChI=1S/C16H28N2O4/c1-2-11-17-14(19)9-10-15(20)18-13-8-6-4-3-5-7-12(13)16(21)22/h12-13H,2-11H2,1H3,(H,17,19)(H,18,20)(H,21,22). The lowest BCUT2D eigenvalue weighted by molar-refractivity contribution is -0.143. The fraction of sp³-hybridized carbons (Fsp3) is 0.812. The lowest BCUT2D eigenvalue weighted by atomic mass is 9.86. The number of carboxylic acid groups (broad SMARTS) is 1. The average Bonchev–Trinajstić information content (AvgIpc) is 2.45. The highest BCUT2D eigenvalue weighted by molar-refractivity contribution is 5.84. The highest BCUT2D eigenvalue weighted by Crippen LogP contribution is 2.23. The highest BCUT2D eigenvalue weighted by Gasteiger charge is 2.29. The van der Waals surface area contributed by atoms with Crippen molar-refractivity contribution < 1.29 is 19.5 Å². The largest absolute Gasteiger partial charge is 0.481 e. The van der Waals surface area contributed by atoms with E-state index < -0.39 is 11.9 Å². The molecule has 0 aromatic rings. The van der Waals surface area contributed by atoms with E-state index in [1.165, 1.54) is 0 Å². The molecule has 2 atom stereocenters. The van der Waals surface area contributed by atoms with Gasteiger partial charge in [-0.05, 0) is 19.3 Å². The summed E-state index contributed by atoms with van der Waals surface area (Å²) in [6.07, 6.45) is 6.39. The van der Waals surface area contributed by atoms with E-state index in [1.807, 2.05) is 6.92 Å². The fourth-order valence-corrected chi connectivity index (χ4v) is 2.81. The fourth-order valence-electron chi connectivity index (χ4n) is 2.81. The Morgan fingerprint density at radius 1 is 1.00 bits per heavy atom. The molecule has 1 aliphatic rings. The number of carbonyl (C=O) groups is 3. The van der Waals surface area contributed by atoms with E-state index in [9.17, 15) is 19.5 Å². The minimum atomic E-state index is -0.840. The maximum absolute atomic E-state index is 12.0. The van der Waals surface area contributed by atoms with Gasteiger partial charge in [-0.2, -0.15) is 0 Å². The van der Waals surface area contributed by atoms with Crippen LogP contribution in [0.2, 0.25) is 0 Å². The van der Waals surface area contributed by atoms with Crippen molar-refractivity contribution >= 4 is 17.8 Å². The van der Waals surface area contributed by atoms with Gasteiger partial charge in [0.2, 0.25) is 11.8 Å². The van der Waals surface area contributed by atoms with E-state index in [1.54, 1.807) is 0 Å². The summed E-state index contributed by atoms with van der Waals surface area (Å²) in [5.74, 6) is -1.72. The zero-order valence-electron chi connectivity index (χ0n) is 13.4. The van der Waals surface area contributed by atoms with Crippen molar-refractivity contribution in [2.75, 3.05) is 6.54 Å². The topological polar surface area (TPSA) is 95.5 Å². The molecule has 1 rings (SSSR count). The SMILES string of the molecule is CCCNC(=O)CCC(=O)NC1CCCCCCC1C(=O)O. The quantitative estimate of drug-likeness (QED) is 0.668. The number of rotatable bonds is 7. The Labute approximate surface area is 132 Å². The van der Waals surface area contributed by atoms with Crippen LogP contribution in [0.5, 0.6) is 0 Å². The van der Waals surface area contributed by atoms with Gasteiger partial charge in [0.25, 0.3) is 0 Å². The molecule has 0 heterocycles. The van der Waals surface area contributed by atoms with Crippen LogP contribution in [0.25, 0.3) is 0 Å². The van der Waals surface area contributed by atoms with Crippen LogP contribution >= 0.6 is 0 Å². The van der Waals surface area contributed by atoms with Gasteiger partial charge in [0.1, 0.15) is 0 Å². The average molecular weight is 312 g/mol. The molecule has 6 heteroatoms. The number of aliphatic carboxylic acids is 1. The predicted octanol–water partition coefficient (Wildman–Crippen LogP) is 1.83. The Morgan fingerprint density at radius 2 is 1.64 bits per heavy atom. The van der Waals surface area contributed by atoms with Gasteiger partial charge in [0.15, 0.2) is 0 Å². The van der Waals surface area contributed by atoms with E-state index in [0.29, 0.717) is 19.4 Å². The monoisotopic (exact) mass is 312 g/mol. The van der Waals surface area contributed by atoms with Gasteiger partial charge < -0.3 is 15.7 Å². The van der Waals surface area contributed by atoms with Crippen LogP contribution in [0.15, 0.2) is 0 Å². The first-order valence-electron chi connectivity index (χ1n) is 8.33. The van der Waals surface area contributed by atoms with Crippen LogP contribution in [-0.4, -0.2) is 35.5 Å². The van der Waals surface area contributed by atoms with Gasteiger partial charge in [0.05, 0.1) is 5.92 Å². The minimum absolute atomic E-state index is 0.110. The van der Waals surface area contributed by atoms with Crippen LogP contribution in [0.3, 0.4) is 0 Å². The summed E-state index contributed by atoms with van der Waals surface area (Å²) in [7, 11) is 0. The maximum Gasteiger partial charge on any atom is 0.308 e. The van der Waals surface area contributed by atoms with Gasteiger partial charge in [0, 0.05) is 25.4 Å². The Hall–Kier alpha value is -1.59. The van der Waals surface area contributed by atoms with E-state index in [2.05, 4.69) is 10.6 Å². The summed E-state index contributed by atoms with van der Waals surface area (Å²) < 4.78 is 0. The molecule has 1 saturated carbocycles. The van der Waals surface area contributed by atoms with Crippen LogP contribution < -0.4 is 10.6 Å². The van der Waals surface area contributed by atoms with Crippen LogP contribution in [0.1, 0.15) is 64.7 Å². The molecule has 3 N–H and O–H groups in total. The van der Waals surface area contributed by atoms with Gasteiger partial charge in [-0.15, -0.1) is 0 Å². The number of hydrogen-bond acceptors (Lipinski definition) is 3. The molecule has 2 amide bonds. The second kappa shape index (κ2) is 10.2. The van der Waals surface area contributed by atoms with Crippen molar-refractivity contribution in [1.29, 1.82) is 0 Å². The molecule has 0 spiro atoms. The maximum atomic E-state index is 12.0. The van der Waals surface area contributed by atoms with Gasteiger partial charge in [-0.25, -0.2) is 0 Å². The normalized spacial score (nSPS) is 22.2. The van der Waals surface area contributed by atoms with Gasteiger partial charge in [-0.1, -0.05) is 32.6 Å². The van der Waals surface area contributed by atoms with Crippen molar-refractivity contribution in [3.8, 4) is 0 Å². The summed E-state index contributed by atoms with van der Waals surface area (Å²) in [5, 5.41) is 14.9. The molecular formula is C16H28N2O4. The van der Waals surface area contributed by atoms with E-state index in [4.69, 9.17) is 0 Å². The zero-order chi connectivity index (χ0) is 16.4. The molecule has 0 saturated heterocycles. The van der Waals surface area contributed by atoms with E-state index in [-0.39, 0.29) is 30.7 Å². The van der Waals surface area contributed by atoms with Gasteiger partial charge >= 0.3 is 5.97 Å². The molecule has 6 nitrogen and oxygen atoms in total.